The monoisotopic (exact) mass is 251 g/mol. The molecule has 0 aliphatic rings. The second kappa shape index (κ2) is 6.00. The lowest BCUT2D eigenvalue weighted by Gasteiger charge is -2.16. The topological polar surface area (TPSA) is 105 Å². The number of anilines is 1. The summed E-state index contributed by atoms with van der Waals surface area (Å²) in [5.41, 5.74) is 6.18. The molecule has 0 aliphatic heterocycles. The summed E-state index contributed by atoms with van der Waals surface area (Å²) in [4.78, 5) is 26.4. The van der Waals surface area contributed by atoms with E-state index in [1.807, 2.05) is 6.92 Å². The molecule has 0 aromatic carbocycles. The van der Waals surface area contributed by atoms with Gasteiger partial charge in [-0.05, 0) is 25.0 Å². The zero-order chi connectivity index (χ0) is 13.7. The molecule has 1 aromatic heterocycles. The third-order valence-corrected chi connectivity index (χ3v) is 2.59. The summed E-state index contributed by atoms with van der Waals surface area (Å²) >= 11 is 0. The van der Waals surface area contributed by atoms with Crippen LogP contribution in [0.15, 0.2) is 12.3 Å². The number of nitrogens with zero attached hydrogens (tertiary/aromatic N) is 1. The summed E-state index contributed by atoms with van der Waals surface area (Å²) in [5.74, 6) is -1.37. The molecule has 18 heavy (non-hydrogen) atoms. The van der Waals surface area contributed by atoms with Gasteiger partial charge in [0, 0.05) is 6.20 Å². The van der Waals surface area contributed by atoms with Crippen LogP contribution in [-0.4, -0.2) is 28.0 Å². The fraction of sp³-hybridized carbons (Fsp3) is 0.417. The molecule has 1 atom stereocenters. The molecule has 0 bridgehead atoms. The number of carbonyl (C=O) groups is 2. The molecule has 0 spiro atoms. The Hall–Kier alpha value is -2.11. The molecule has 1 aromatic rings. The van der Waals surface area contributed by atoms with Gasteiger partial charge in [0.2, 0.25) is 0 Å². The van der Waals surface area contributed by atoms with E-state index in [-0.39, 0.29) is 11.4 Å². The highest BCUT2D eigenvalue weighted by Gasteiger charge is 2.20. The van der Waals surface area contributed by atoms with Gasteiger partial charge in [-0.2, -0.15) is 0 Å². The molecule has 1 amide bonds. The van der Waals surface area contributed by atoms with E-state index < -0.39 is 17.9 Å². The van der Waals surface area contributed by atoms with Crippen LogP contribution in [0.3, 0.4) is 0 Å². The predicted octanol–water partition coefficient (Wildman–Crippen LogP) is 1.15. The molecule has 0 radical (unpaired) electrons. The molecule has 1 heterocycles. The van der Waals surface area contributed by atoms with E-state index in [4.69, 9.17) is 10.8 Å². The van der Waals surface area contributed by atoms with Crippen molar-refractivity contribution in [3.8, 4) is 0 Å². The van der Waals surface area contributed by atoms with Crippen molar-refractivity contribution < 1.29 is 14.7 Å². The summed E-state index contributed by atoms with van der Waals surface area (Å²) in [6.07, 6.45) is 2.67. The van der Waals surface area contributed by atoms with E-state index in [2.05, 4.69) is 10.3 Å². The molecular formula is C12H17N3O3. The van der Waals surface area contributed by atoms with Crippen LogP contribution in [-0.2, 0) is 4.79 Å². The van der Waals surface area contributed by atoms with Gasteiger partial charge >= 0.3 is 5.97 Å². The number of carbonyl (C=O) groups excluding carboxylic acids is 1. The van der Waals surface area contributed by atoms with Crippen LogP contribution in [0.5, 0.6) is 0 Å². The van der Waals surface area contributed by atoms with Crippen molar-refractivity contribution in [2.75, 3.05) is 5.32 Å². The first-order chi connectivity index (χ1) is 8.47. The van der Waals surface area contributed by atoms with Crippen LogP contribution in [0.25, 0.3) is 0 Å². The molecule has 0 saturated carbocycles. The summed E-state index contributed by atoms with van der Waals surface area (Å²) < 4.78 is 0. The van der Waals surface area contributed by atoms with Crippen molar-refractivity contribution in [1.29, 1.82) is 0 Å². The molecule has 1 unspecified atom stereocenters. The Labute approximate surface area is 105 Å². The maximum Gasteiger partial charge on any atom is 0.326 e. The number of nitrogens with two attached hydrogens (primary N) is 1. The number of nitrogens with one attached hydrogen (secondary N) is 1. The van der Waals surface area contributed by atoms with Crippen molar-refractivity contribution in [3.05, 3.63) is 23.4 Å². The van der Waals surface area contributed by atoms with Crippen LogP contribution in [0.4, 0.5) is 5.82 Å². The Kier molecular flexibility index (Phi) is 4.65. The van der Waals surface area contributed by atoms with Gasteiger partial charge < -0.3 is 16.2 Å². The minimum Gasteiger partial charge on any atom is -0.480 e. The number of aliphatic carboxylic acids is 1. The standard InChI is InChI=1S/C12H17N3O3/c1-3-4-8(12(17)18)15-11-9(10(13)16)7(2)5-6-14-11/h5-6,8H,3-4H2,1-2H3,(H2,13,16)(H,14,15)(H,17,18). The SMILES string of the molecule is CCCC(Nc1nccc(C)c1C(N)=O)C(=O)O. The molecule has 98 valence electrons. The molecule has 1 rings (SSSR count). The number of rotatable bonds is 6. The van der Waals surface area contributed by atoms with Crippen LogP contribution in [0, 0.1) is 6.92 Å². The number of aromatic nitrogens is 1. The van der Waals surface area contributed by atoms with Gasteiger partial charge in [-0.25, -0.2) is 9.78 Å². The van der Waals surface area contributed by atoms with Gasteiger partial charge in [-0.3, -0.25) is 4.79 Å². The van der Waals surface area contributed by atoms with E-state index in [1.54, 1.807) is 13.0 Å². The first-order valence-electron chi connectivity index (χ1n) is 5.72. The average molecular weight is 251 g/mol. The Morgan fingerprint density at radius 1 is 1.56 bits per heavy atom. The second-order valence-corrected chi connectivity index (χ2v) is 4.04. The lowest BCUT2D eigenvalue weighted by Crippen LogP contribution is -2.31. The Bertz CT molecular complexity index is 460. The number of carboxylic acid groups (broad SMARTS) is 1. The summed E-state index contributed by atoms with van der Waals surface area (Å²) in [6.45, 7) is 3.61. The van der Waals surface area contributed by atoms with E-state index in [0.717, 1.165) is 0 Å². The number of primary amides is 1. The van der Waals surface area contributed by atoms with Crippen molar-refractivity contribution in [2.45, 2.75) is 32.7 Å². The third-order valence-electron chi connectivity index (χ3n) is 2.59. The van der Waals surface area contributed by atoms with Gasteiger partial charge in [0.15, 0.2) is 0 Å². The Morgan fingerprint density at radius 3 is 2.72 bits per heavy atom. The van der Waals surface area contributed by atoms with Gasteiger partial charge in [-0.1, -0.05) is 13.3 Å². The van der Waals surface area contributed by atoms with Crippen molar-refractivity contribution in [2.24, 2.45) is 5.73 Å². The predicted molar refractivity (Wildman–Crippen MR) is 67.4 cm³/mol. The number of carboxylic acids is 1. The van der Waals surface area contributed by atoms with Crippen LogP contribution in [0.2, 0.25) is 0 Å². The lowest BCUT2D eigenvalue weighted by atomic mass is 10.1. The first-order valence-corrected chi connectivity index (χ1v) is 5.72. The normalized spacial score (nSPS) is 11.9. The van der Waals surface area contributed by atoms with Crippen LogP contribution < -0.4 is 11.1 Å². The highest BCUT2D eigenvalue weighted by molar-refractivity contribution is 5.99. The fourth-order valence-corrected chi connectivity index (χ4v) is 1.69. The van der Waals surface area contributed by atoms with Crippen LogP contribution in [0.1, 0.15) is 35.7 Å². The largest absolute Gasteiger partial charge is 0.480 e. The average Bonchev–Trinajstić information content (AvgIpc) is 2.27. The number of amides is 1. The summed E-state index contributed by atoms with van der Waals surface area (Å²) in [7, 11) is 0. The van der Waals surface area contributed by atoms with E-state index in [0.29, 0.717) is 18.4 Å². The minimum absolute atomic E-state index is 0.225. The zero-order valence-electron chi connectivity index (χ0n) is 10.4. The zero-order valence-corrected chi connectivity index (χ0v) is 10.4. The number of hydrogen-bond acceptors (Lipinski definition) is 4. The third kappa shape index (κ3) is 3.19. The molecule has 0 aliphatic carbocycles. The van der Waals surface area contributed by atoms with E-state index >= 15 is 0 Å². The van der Waals surface area contributed by atoms with E-state index in [9.17, 15) is 9.59 Å². The fourth-order valence-electron chi connectivity index (χ4n) is 1.69. The molecule has 6 nitrogen and oxygen atoms in total. The first kappa shape index (κ1) is 14.0. The number of pyridine rings is 1. The van der Waals surface area contributed by atoms with Crippen molar-refractivity contribution in [1.82, 2.24) is 4.98 Å². The van der Waals surface area contributed by atoms with Gasteiger partial charge in [0.1, 0.15) is 11.9 Å². The quantitative estimate of drug-likeness (QED) is 0.703. The molecule has 4 N–H and O–H groups in total. The maximum atomic E-state index is 11.3. The maximum absolute atomic E-state index is 11.3. The van der Waals surface area contributed by atoms with Gasteiger partial charge in [0.25, 0.3) is 5.91 Å². The molecule has 0 fully saturated rings. The molecule has 0 saturated heterocycles. The van der Waals surface area contributed by atoms with Crippen molar-refractivity contribution in [3.63, 3.8) is 0 Å². The Balaban J connectivity index is 3.06. The second-order valence-electron chi connectivity index (χ2n) is 4.04. The molecule has 6 heteroatoms. The van der Waals surface area contributed by atoms with Gasteiger partial charge in [-0.15, -0.1) is 0 Å². The highest BCUT2D eigenvalue weighted by atomic mass is 16.4. The van der Waals surface area contributed by atoms with Gasteiger partial charge in [0.05, 0.1) is 5.56 Å². The lowest BCUT2D eigenvalue weighted by molar-refractivity contribution is -0.138. The number of hydrogen-bond donors (Lipinski definition) is 3. The molecular weight excluding hydrogens is 234 g/mol. The van der Waals surface area contributed by atoms with Crippen molar-refractivity contribution >= 4 is 17.7 Å². The van der Waals surface area contributed by atoms with Crippen LogP contribution >= 0.6 is 0 Å². The smallest absolute Gasteiger partial charge is 0.326 e. The van der Waals surface area contributed by atoms with E-state index in [1.165, 1.54) is 6.20 Å². The summed E-state index contributed by atoms with van der Waals surface area (Å²) in [5, 5.41) is 11.8. The minimum atomic E-state index is -0.976. The highest BCUT2D eigenvalue weighted by Crippen LogP contribution is 2.17. The Morgan fingerprint density at radius 2 is 2.22 bits per heavy atom. The summed E-state index contributed by atoms with van der Waals surface area (Å²) in [6, 6.07) is 0.878. The number of aryl methyl sites for hydroxylation is 1.